The van der Waals surface area contributed by atoms with Gasteiger partial charge in [-0.2, -0.15) is 4.98 Å². The Morgan fingerprint density at radius 1 is 1.19 bits per heavy atom. The molecule has 0 amide bonds. The molecule has 0 aliphatic heterocycles. The van der Waals surface area contributed by atoms with Crippen molar-refractivity contribution >= 4 is 27.6 Å². The summed E-state index contributed by atoms with van der Waals surface area (Å²) in [5, 5.41) is 0.0835. The number of nitrogens with zero attached hydrogens (tertiary/aromatic N) is 2. The van der Waals surface area contributed by atoms with E-state index in [1.807, 2.05) is 6.92 Å². The van der Waals surface area contributed by atoms with Crippen LogP contribution in [-0.2, 0) is 10.0 Å². The van der Waals surface area contributed by atoms with E-state index >= 15 is 0 Å². The molecular formula is C13H14ClN3O3S. The molecule has 0 bridgehead atoms. The monoisotopic (exact) mass is 327 g/mol. The first-order valence-corrected chi connectivity index (χ1v) is 7.86. The van der Waals surface area contributed by atoms with Crippen LogP contribution in [-0.4, -0.2) is 25.5 Å². The summed E-state index contributed by atoms with van der Waals surface area (Å²) in [6.07, 6.45) is 0. The van der Waals surface area contributed by atoms with Crippen molar-refractivity contribution in [1.82, 2.24) is 9.97 Å². The smallest absolute Gasteiger partial charge is 0.264 e. The maximum atomic E-state index is 12.4. The van der Waals surface area contributed by atoms with Crippen molar-refractivity contribution in [3.8, 4) is 5.88 Å². The van der Waals surface area contributed by atoms with E-state index in [1.54, 1.807) is 19.1 Å². The van der Waals surface area contributed by atoms with E-state index in [0.29, 0.717) is 5.56 Å². The summed E-state index contributed by atoms with van der Waals surface area (Å²) in [5.74, 6) is 0.0349. The van der Waals surface area contributed by atoms with Gasteiger partial charge in [0.25, 0.3) is 10.0 Å². The van der Waals surface area contributed by atoms with Crippen LogP contribution in [0.25, 0.3) is 0 Å². The maximum absolute atomic E-state index is 12.4. The van der Waals surface area contributed by atoms with E-state index in [9.17, 15) is 8.42 Å². The molecule has 0 radical (unpaired) electrons. The van der Waals surface area contributed by atoms with Crippen LogP contribution in [0.4, 0.5) is 5.95 Å². The number of hydrogen-bond donors (Lipinski definition) is 1. The molecule has 1 aromatic heterocycles. The van der Waals surface area contributed by atoms with Gasteiger partial charge in [0.15, 0.2) is 0 Å². The zero-order valence-corrected chi connectivity index (χ0v) is 13.3. The van der Waals surface area contributed by atoms with Crippen molar-refractivity contribution in [2.24, 2.45) is 0 Å². The summed E-state index contributed by atoms with van der Waals surface area (Å²) in [5.41, 5.74) is 1.61. The van der Waals surface area contributed by atoms with Crippen molar-refractivity contribution in [1.29, 1.82) is 0 Å². The van der Waals surface area contributed by atoms with Crippen LogP contribution in [0.3, 0.4) is 0 Å². The number of methoxy groups -OCH3 is 1. The van der Waals surface area contributed by atoms with Crippen molar-refractivity contribution in [2.75, 3.05) is 11.8 Å². The van der Waals surface area contributed by atoms with E-state index < -0.39 is 10.0 Å². The predicted octanol–water partition coefficient (Wildman–Crippen LogP) is 2.56. The van der Waals surface area contributed by atoms with Crippen LogP contribution in [0.15, 0.2) is 29.2 Å². The molecule has 0 atom stereocenters. The maximum Gasteiger partial charge on any atom is 0.264 e. The minimum atomic E-state index is -3.79. The highest BCUT2D eigenvalue weighted by Gasteiger charge is 2.19. The summed E-state index contributed by atoms with van der Waals surface area (Å²) in [7, 11) is -2.39. The van der Waals surface area contributed by atoms with Crippen molar-refractivity contribution in [3.05, 3.63) is 40.5 Å². The van der Waals surface area contributed by atoms with Gasteiger partial charge in [-0.3, -0.25) is 0 Å². The van der Waals surface area contributed by atoms with Crippen LogP contribution in [0.5, 0.6) is 5.88 Å². The fourth-order valence-electron chi connectivity index (χ4n) is 1.82. The number of hydrogen-bond acceptors (Lipinski definition) is 5. The highest BCUT2D eigenvalue weighted by atomic mass is 35.5. The molecule has 2 rings (SSSR count). The van der Waals surface area contributed by atoms with Gasteiger partial charge in [0.2, 0.25) is 11.8 Å². The molecule has 0 spiro atoms. The van der Waals surface area contributed by atoms with Crippen LogP contribution >= 0.6 is 11.6 Å². The number of halogens is 1. The highest BCUT2D eigenvalue weighted by molar-refractivity contribution is 7.92. The Labute approximate surface area is 128 Å². The molecule has 6 nitrogen and oxygen atoms in total. The third kappa shape index (κ3) is 3.62. The van der Waals surface area contributed by atoms with Gasteiger partial charge in [0.1, 0.15) is 5.15 Å². The second-order valence-corrected chi connectivity index (χ2v) is 6.47. The van der Waals surface area contributed by atoms with Gasteiger partial charge < -0.3 is 4.74 Å². The number of nitrogens with one attached hydrogen (secondary N) is 1. The van der Waals surface area contributed by atoms with Crippen molar-refractivity contribution in [3.63, 3.8) is 0 Å². The Kier molecular flexibility index (Phi) is 4.34. The van der Waals surface area contributed by atoms with E-state index in [1.165, 1.54) is 19.2 Å². The van der Waals surface area contributed by atoms with E-state index in [-0.39, 0.29) is 21.9 Å². The first-order chi connectivity index (χ1) is 9.81. The lowest BCUT2D eigenvalue weighted by atomic mass is 10.2. The van der Waals surface area contributed by atoms with Gasteiger partial charge in [-0.25, -0.2) is 18.1 Å². The largest absolute Gasteiger partial charge is 0.481 e. The SMILES string of the molecule is COc1cc(Cl)nc(NS(=O)(=O)c2ccc(C)cc2C)n1. The molecule has 0 aliphatic rings. The van der Waals surface area contributed by atoms with Crippen LogP contribution in [0.1, 0.15) is 11.1 Å². The number of aryl methyl sites for hydroxylation is 2. The molecule has 21 heavy (non-hydrogen) atoms. The first-order valence-electron chi connectivity index (χ1n) is 6.00. The lowest BCUT2D eigenvalue weighted by Crippen LogP contribution is -2.16. The Morgan fingerprint density at radius 3 is 2.52 bits per heavy atom. The third-order valence-electron chi connectivity index (χ3n) is 2.73. The lowest BCUT2D eigenvalue weighted by Gasteiger charge is -2.10. The quantitative estimate of drug-likeness (QED) is 0.873. The van der Waals surface area contributed by atoms with Gasteiger partial charge in [0, 0.05) is 6.07 Å². The zero-order chi connectivity index (χ0) is 15.6. The molecule has 0 fully saturated rings. The third-order valence-corrected chi connectivity index (χ3v) is 4.41. The fourth-order valence-corrected chi connectivity index (χ4v) is 3.17. The Balaban J connectivity index is 2.39. The normalized spacial score (nSPS) is 11.2. The van der Waals surface area contributed by atoms with Crippen LogP contribution < -0.4 is 9.46 Å². The predicted molar refractivity (Wildman–Crippen MR) is 80.3 cm³/mol. The van der Waals surface area contributed by atoms with Crippen molar-refractivity contribution in [2.45, 2.75) is 18.7 Å². The number of ether oxygens (including phenoxy) is 1. The molecule has 1 aromatic carbocycles. The Hall–Kier alpha value is -1.86. The summed E-state index contributed by atoms with van der Waals surface area (Å²) < 4.78 is 32.0. The zero-order valence-electron chi connectivity index (χ0n) is 11.7. The van der Waals surface area contributed by atoms with Crippen LogP contribution in [0.2, 0.25) is 5.15 Å². The lowest BCUT2D eigenvalue weighted by molar-refractivity contribution is 0.397. The molecule has 8 heteroatoms. The molecule has 1 N–H and O–H groups in total. The molecule has 0 aliphatic carbocycles. The average molecular weight is 328 g/mol. The van der Waals surface area contributed by atoms with Gasteiger partial charge in [-0.15, -0.1) is 0 Å². The van der Waals surface area contributed by atoms with Gasteiger partial charge in [-0.05, 0) is 25.5 Å². The Bertz CT molecular complexity index is 778. The van der Waals surface area contributed by atoms with Crippen LogP contribution in [0, 0.1) is 13.8 Å². The van der Waals surface area contributed by atoms with E-state index in [2.05, 4.69) is 14.7 Å². The number of benzene rings is 1. The molecule has 0 saturated heterocycles. The van der Waals surface area contributed by atoms with E-state index in [0.717, 1.165) is 5.56 Å². The number of rotatable bonds is 4. The first kappa shape index (κ1) is 15.5. The second kappa shape index (κ2) is 5.87. The number of sulfonamides is 1. The molecular weight excluding hydrogens is 314 g/mol. The molecule has 2 aromatic rings. The summed E-state index contributed by atoms with van der Waals surface area (Å²) in [6.45, 7) is 3.61. The molecule has 0 unspecified atom stereocenters. The van der Waals surface area contributed by atoms with Gasteiger partial charge in [0.05, 0.1) is 12.0 Å². The van der Waals surface area contributed by atoms with Gasteiger partial charge in [-0.1, -0.05) is 29.3 Å². The summed E-state index contributed by atoms with van der Waals surface area (Å²) in [6, 6.07) is 6.43. The fraction of sp³-hybridized carbons (Fsp3) is 0.231. The van der Waals surface area contributed by atoms with Gasteiger partial charge >= 0.3 is 0 Å². The number of anilines is 1. The van der Waals surface area contributed by atoms with Crippen molar-refractivity contribution < 1.29 is 13.2 Å². The summed E-state index contributed by atoms with van der Waals surface area (Å²) in [4.78, 5) is 7.89. The average Bonchev–Trinajstić information content (AvgIpc) is 2.36. The van der Waals surface area contributed by atoms with E-state index in [4.69, 9.17) is 16.3 Å². The standard InChI is InChI=1S/C13H14ClN3O3S/c1-8-4-5-10(9(2)6-8)21(18,19)17-13-15-11(14)7-12(16-13)20-3/h4-7H,1-3H3,(H,15,16,17). The minimum absolute atomic E-state index is 0.0835. The number of aromatic nitrogens is 2. The second-order valence-electron chi connectivity index (χ2n) is 4.43. The molecule has 112 valence electrons. The molecule has 0 saturated carbocycles. The summed E-state index contributed by atoms with van der Waals surface area (Å²) >= 11 is 5.79. The minimum Gasteiger partial charge on any atom is -0.481 e. The topological polar surface area (TPSA) is 81.2 Å². The molecule has 1 heterocycles. The highest BCUT2D eigenvalue weighted by Crippen LogP contribution is 2.21. The Morgan fingerprint density at radius 2 is 1.90 bits per heavy atom.